The van der Waals surface area contributed by atoms with Gasteiger partial charge in [-0.05, 0) is 88.7 Å². The van der Waals surface area contributed by atoms with Crippen molar-refractivity contribution in [3.05, 3.63) is 40.7 Å². The summed E-state index contributed by atoms with van der Waals surface area (Å²) in [5.74, 6) is 1.85. The second-order valence-electron chi connectivity index (χ2n) is 11.4. The van der Waals surface area contributed by atoms with Crippen molar-refractivity contribution in [2.45, 2.75) is 82.1 Å². The second-order valence-corrected chi connectivity index (χ2v) is 14.2. The van der Waals surface area contributed by atoms with Gasteiger partial charge >= 0.3 is 0 Å². The minimum Gasteiger partial charge on any atom is -0.488 e. The van der Waals surface area contributed by atoms with Gasteiger partial charge in [0.1, 0.15) is 10.8 Å². The van der Waals surface area contributed by atoms with Gasteiger partial charge in [-0.2, -0.15) is 10.1 Å². The van der Waals surface area contributed by atoms with E-state index in [1.54, 1.807) is 27.1 Å². The minimum absolute atomic E-state index is 0.0503. The van der Waals surface area contributed by atoms with E-state index in [2.05, 4.69) is 56.6 Å². The number of likely N-dealkylation sites (N-methyl/N-ethyl adjacent to an activating group) is 1. The molecule has 1 saturated carbocycles. The molecular formula is C29H40ClN7O3S. The van der Waals surface area contributed by atoms with Crippen LogP contribution in [0.5, 0.6) is 5.75 Å². The molecule has 1 aliphatic carbocycles. The zero-order valence-electron chi connectivity index (χ0n) is 24.4. The first kappa shape index (κ1) is 29.6. The van der Waals surface area contributed by atoms with E-state index >= 15 is 0 Å². The normalized spacial score (nSPS) is 18.4. The number of rotatable bonds is 10. The molecule has 1 atom stereocenters. The summed E-state index contributed by atoms with van der Waals surface area (Å²) in [4.78, 5) is 11.5. The number of nitrogens with zero attached hydrogens (tertiary/aromatic N) is 5. The Hall–Kier alpha value is -2.89. The second kappa shape index (κ2) is 12.1. The maximum atomic E-state index is 12.9. The zero-order valence-corrected chi connectivity index (χ0v) is 26.0. The highest BCUT2D eigenvalue weighted by Crippen LogP contribution is 2.39. The lowest BCUT2D eigenvalue weighted by Gasteiger charge is -2.25. The summed E-state index contributed by atoms with van der Waals surface area (Å²) < 4.78 is 33.6. The molecule has 2 N–H and O–H groups in total. The van der Waals surface area contributed by atoms with Gasteiger partial charge in [-0.3, -0.25) is 4.68 Å². The Morgan fingerprint density at radius 2 is 1.93 bits per heavy atom. The number of sulfone groups is 1. The molecule has 1 unspecified atom stereocenters. The maximum Gasteiger partial charge on any atom is 0.229 e. The van der Waals surface area contributed by atoms with Gasteiger partial charge in [-0.1, -0.05) is 24.9 Å². The number of aromatic nitrogens is 4. The van der Waals surface area contributed by atoms with E-state index in [0.29, 0.717) is 17.6 Å². The Morgan fingerprint density at radius 1 is 1.15 bits per heavy atom. The first-order chi connectivity index (χ1) is 19.5. The Morgan fingerprint density at radius 3 is 2.63 bits per heavy atom. The molecule has 0 amide bonds. The molecule has 2 aromatic heterocycles. The molecule has 1 saturated heterocycles. The number of nitrogens with one attached hydrogen (secondary N) is 2. The van der Waals surface area contributed by atoms with E-state index in [0.717, 1.165) is 43.9 Å². The molecule has 0 bridgehead atoms. The van der Waals surface area contributed by atoms with Crippen LogP contribution in [0.2, 0.25) is 5.02 Å². The standard InChI is InChI=1S/C29H40ClN7O3S/c1-6-37-12-8-7-9-20(16-37)22-14-26(40-21-10-11-21)24(13-19(22)4)33-29-31-15-23(30)27(34-29)32-25-17-36(5)35-28(25)41(38,39)18(2)3/h13-15,17-18,20-21H,6-12,16H2,1-5H3,(H2,31,32,33,34). The van der Waals surface area contributed by atoms with Crippen LogP contribution in [0.4, 0.5) is 23.1 Å². The number of benzene rings is 1. The van der Waals surface area contributed by atoms with Gasteiger partial charge in [0, 0.05) is 19.8 Å². The highest BCUT2D eigenvalue weighted by Gasteiger charge is 2.29. The van der Waals surface area contributed by atoms with Crippen LogP contribution in [0.25, 0.3) is 0 Å². The molecule has 10 nitrogen and oxygen atoms in total. The van der Waals surface area contributed by atoms with Gasteiger partial charge in [-0.15, -0.1) is 0 Å². The first-order valence-corrected chi connectivity index (χ1v) is 16.3. The summed E-state index contributed by atoms with van der Waals surface area (Å²) in [5, 5.41) is 10.2. The monoisotopic (exact) mass is 601 g/mol. The van der Waals surface area contributed by atoms with Gasteiger partial charge in [0.15, 0.2) is 5.82 Å². The van der Waals surface area contributed by atoms with Gasteiger partial charge in [0.05, 0.1) is 28.9 Å². The Labute approximate surface area is 247 Å². The summed E-state index contributed by atoms with van der Waals surface area (Å²) in [6, 6.07) is 4.32. The van der Waals surface area contributed by atoms with Gasteiger partial charge in [0.2, 0.25) is 20.8 Å². The van der Waals surface area contributed by atoms with Crippen LogP contribution in [0.3, 0.4) is 0 Å². The molecule has 0 radical (unpaired) electrons. The molecule has 2 fully saturated rings. The van der Waals surface area contributed by atoms with Gasteiger partial charge < -0.3 is 20.3 Å². The van der Waals surface area contributed by atoms with Crippen LogP contribution in [0, 0.1) is 6.92 Å². The number of anilines is 4. The number of likely N-dealkylation sites (tertiary alicyclic amines) is 1. The molecule has 3 aromatic rings. The first-order valence-electron chi connectivity index (χ1n) is 14.4. The van der Waals surface area contributed by atoms with Crippen molar-refractivity contribution < 1.29 is 13.2 Å². The predicted octanol–water partition coefficient (Wildman–Crippen LogP) is 5.97. The molecule has 222 valence electrons. The smallest absolute Gasteiger partial charge is 0.229 e. The largest absolute Gasteiger partial charge is 0.488 e. The highest BCUT2D eigenvalue weighted by molar-refractivity contribution is 7.92. The molecule has 0 spiro atoms. The molecule has 41 heavy (non-hydrogen) atoms. The van der Waals surface area contributed by atoms with E-state index in [9.17, 15) is 8.42 Å². The lowest BCUT2D eigenvalue weighted by atomic mass is 9.90. The Bertz CT molecular complexity index is 1500. The molecule has 5 rings (SSSR count). The third kappa shape index (κ3) is 6.79. The molecule has 2 aliphatic rings. The summed E-state index contributed by atoms with van der Waals surface area (Å²) in [7, 11) is -1.96. The third-order valence-electron chi connectivity index (χ3n) is 7.76. The van der Waals surface area contributed by atoms with Crippen LogP contribution in [0.15, 0.2) is 29.6 Å². The Balaban J connectivity index is 1.44. The third-order valence-corrected chi connectivity index (χ3v) is 10.1. The number of ether oxygens (including phenoxy) is 1. The van der Waals surface area contributed by atoms with Gasteiger partial charge in [0.25, 0.3) is 0 Å². The summed E-state index contributed by atoms with van der Waals surface area (Å²) in [6.45, 7) is 10.9. The minimum atomic E-state index is -3.63. The van der Waals surface area contributed by atoms with E-state index in [-0.39, 0.29) is 22.0 Å². The van der Waals surface area contributed by atoms with Crippen LogP contribution < -0.4 is 15.4 Å². The fourth-order valence-corrected chi connectivity index (χ4v) is 6.45. The van der Waals surface area contributed by atoms with Crippen LogP contribution in [-0.2, 0) is 16.9 Å². The van der Waals surface area contributed by atoms with Gasteiger partial charge in [-0.25, -0.2) is 13.4 Å². The van der Waals surface area contributed by atoms with Crippen molar-refractivity contribution in [2.24, 2.45) is 7.05 Å². The van der Waals surface area contributed by atoms with Crippen LogP contribution in [-0.4, -0.2) is 64.1 Å². The average molecular weight is 602 g/mol. The molecular weight excluding hydrogens is 562 g/mol. The SMILES string of the molecule is CCN1CCCCC(c2cc(OC3CC3)c(Nc3ncc(Cl)c(Nc4cn(C)nc4S(=O)(=O)C(C)C)n3)cc2C)C1. The van der Waals surface area contributed by atoms with E-state index in [4.69, 9.17) is 16.3 Å². The van der Waals surface area contributed by atoms with Crippen LogP contribution >= 0.6 is 11.6 Å². The summed E-state index contributed by atoms with van der Waals surface area (Å²) in [5.41, 5.74) is 3.62. The molecule has 3 heterocycles. The van der Waals surface area contributed by atoms with Crippen LogP contribution in [0.1, 0.15) is 69.9 Å². The lowest BCUT2D eigenvalue weighted by Crippen LogP contribution is -2.27. The summed E-state index contributed by atoms with van der Waals surface area (Å²) >= 11 is 6.44. The lowest BCUT2D eigenvalue weighted by molar-refractivity contribution is 0.285. The predicted molar refractivity (Wildman–Crippen MR) is 163 cm³/mol. The number of halogens is 1. The number of hydrogen-bond donors (Lipinski definition) is 2. The van der Waals surface area contributed by atoms with Crippen molar-refractivity contribution >= 4 is 44.6 Å². The topological polar surface area (TPSA) is 114 Å². The number of aryl methyl sites for hydroxylation is 2. The fraction of sp³-hybridized carbons (Fsp3) is 0.552. The highest BCUT2D eigenvalue weighted by atomic mass is 35.5. The quantitative estimate of drug-likeness (QED) is 0.290. The van der Waals surface area contributed by atoms with Crippen molar-refractivity contribution in [1.29, 1.82) is 0 Å². The maximum absolute atomic E-state index is 12.9. The molecule has 12 heteroatoms. The number of hydrogen-bond acceptors (Lipinski definition) is 9. The zero-order chi connectivity index (χ0) is 29.3. The molecule has 1 aromatic carbocycles. The van der Waals surface area contributed by atoms with Crippen molar-refractivity contribution in [3.63, 3.8) is 0 Å². The van der Waals surface area contributed by atoms with E-state index < -0.39 is 15.1 Å². The van der Waals surface area contributed by atoms with Crippen molar-refractivity contribution in [3.8, 4) is 5.75 Å². The Kier molecular flexibility index (Phi) is 8.77. The van der Waals surface area contributed by atoms with Crippen molar-refractivity contribution in [2.75, 3.05) is 30.3 Å². The van der Waals surface area contributed by atoms with Crippen molar-refractivity contribution in [1.82, 2.24) is 24.6 Å². The van der Waals surface area contributed by atoms with E-state index in [1.807, 2.05) is 0 Å². The molecule has 1 aliphatic heterocycles. The summed E-state index contributed by atoms with van der Waals surface area (Å²) in [6.07, 6.45) is 9.04. The van der Waals surface area contributed by atoms with E-state index in [1.165, 1.54) is 41.3 Å². The fourth-order valence-electron chi connectivity index (χ4n) is 5.22. The average Bonchev–Trinajstić information content (AvgIpc) is 3.71.